The molecule has 0 heterocycles. The van der Waals surface area contributed by atoms with Crippen LogP contribution in [0.15, 0.2) is 0 Å². The first kappa shape index (κ1) is 164. The summed E-state index contributed by atoms with van der Waals surface area (Å²) in [4.78, 5) is 0. The van der Waals surface area contributed by atoms with Crippen LogP contribution in [0, 0.1) is 0 Å². The summed E-state index contributed by atoms with van der Waals surface area (Å²) in [6, 6.07) is 0. The Hall–Kier alpha value is 34.6. The molecule has 0 radical (unpaired) electrons. The topological polar surface area (TPSA) is 0 Å². The molecule has 0 aromatic carbocycles. The first-order valence-corrected chi connectivity index (χ1v) is 194. The Labute approximate surface area is 1160 Å². The third-order valence-electron chi connectivity index (χ3n) is 10.3. The lowest BCUT2D eigenvalue weighted by molar-refractivity contribution is 4.96. The van der Waals surface area contributed by atoms with E-state index in [9.17, 15) is 0 Å². The van der Waals surface area contributed by atoms with Crippen LogP contribution < -0.4 is 0 Å². The van der Waals surface area contributed by atoms with Gasteiger partial charge < -0.3 is 0 Å². The van der Waals surface area contributed by atoms with Crippen molar-refractivity contribution < 1.29 is 0 Å². The van der Waals surface area contributed by atoms with Crippen molar-refractivity contribution in [1.82, 2.24) is 0 Å². The molecule has 0 spiro atoms. The molecule has 0 aromatic rings. The first-order chi connectivity index (χ1) is 53.8. The van der Waals surface area contributed by atoms with Crippen LogP contribution in [0.5, 0.6) is 0 Å². The van der Waals surface area contributed by atoms with Gasteiger partial charge in [-0.05, 0) is 950 Å². The van der Waals surface area contributed by atoms with Crippen molar-refractivity contribution in [1.29, 1.82) is 0 Å². The molecule has 0 saturated heterocycles. The molecule has 0 nitrogen and oxygen atoms in total. The molecule has 0 saturated carbocycles. The van der Waals surface area contributed by atoms with Crippen LogP contribution in [0.1, 0.15) is 0 Å². The first-order valence-electron chi connectivity index (χ1n) is 21.3. The fourth-order valence-corrected chi connectivity index (χ4v) is 1010. The largest absolute Gasteiger partial charge is 0.0983 e. The molecule has 0 amide bonds. The Morgan fingerprint density at radius 1 is 0.0930 bits per heavy atom. The summed E-state index contributed by atoms with van der Waals surface area (Å²) < 4.78 is -2.81. The van der Waals surface area contributed by atoms with Crippen LogP contribution in [-0.4, -0.2) is 0 Å². The number of hydrogen-bond acceptors (Lipinski definition) is 86. The summed E-state index contributed by atoms with van der Waals surface area (Å²) in [5.74, 6) is 0. The van der Waals surface area contributed by atoms with Gasteiger partial charge >= 0.3 is 0 Å². The van der Waals surface area contributed by atoms with Gasteiger partial charge in [0.25, 0.3) is 0 Å². The predicted octanol–water partition coefficient (Wildman–Crippen LogP) is 1.61. The minimum Gasteiger partial charge on any atom is -0.0983 e. The molecule has 0 unspecified atom stereocenters. The normalized spacial score (nSPS) is 17.1. The van der Waals surface area contributed by atoms with Crippen molar-refractivity contribution in [3.8, 4) is 0 Å². The highest BCUT2D eigenvalue weighted by Gasteiger charge is 2.53. The Bertz CT molecular complexity index is 10100. The standard InChI is InChI=1S/HIS128/c1-88(3,4)90(7,8)92(11,12)94(15,16)96(19,20)98(23,24)100(27,28)102(31,32)104(35,36)106(39,40)108(43,44)110(47,48)112(51,52)114(55,56)116(59,60)118(63,64)120(67,68)122(71,72)124(75,76)126(79,80)128(83,84)129(85,86)127(81,82)125(77,78)123(73,74)121(69,70)119(65,66)117(61,62)115(57,58)113(53,54)111(49,50)109(45,46)107(41,42)105(37,38)103(33,34)101(29,30)99(25,26)97(21,22)95(17,18)93(13,14)91(9,10)89(5,6)87-2/h2H. The molecule has 0 aliphatic heterocycles. The van der Waals surface area contributed by atoms with E-state index in [1.165, 1.54) is 0 Å². The van der Waals surface area contributed by atoms with Gasteiger partial charge in [-0.3, -0.25) is 0 Å². The molecular weight excluding hydrogens is 4230 g/mol. The summed E-state index contributed by atoms with van der Waals surface area (Å²) in [5.41, 5.74) is 0. The number of rotatable bonds is 42. The average molecular weight is 4230 g/mol. The van der Waals surface area contributed by atoms with Crippen molar-refractivity contribution in [2.45, 2.75) is 0 Å². The van der Waals surface area contributed by atoms with E-state index in [0.717, 1.165) is 0 Å². The van der Waals surface area contributed by atoms with Crippen LogP contribution in [0.4, 0.5) is 0 Å². The maximum atomic E-state index is 6.29. The molecule has 0 aromatic heterocycles. The van der Waals surface area contributed by atoms with E-state index in [1.54, 1.807) is 21.2 Å². The molecule has 0 fully saturated rings. The van der Waals surface area contributed by atoms with E-state index < -0.39 is 217 Å². The molecule has 129 heteroatoms. The summed E-state index contributed by atoms with van der Waals surface area (Å²) in [5, 5.41) is -167. The van der Waals surface area contributed by atoms with E-state index >= 15 is 0 Å². The molecule has 0 rings (SSSR count). The monoisotopic (exact) mass is 4220 g/mol. The molecule has 0 aliphatic carbocycles. The minimum atomic E-state index is -4.33. The maximum Gasteiger partial charge on any atom is 0.0451 e. The molecule has 776 valence electrons. The summed E-state index contributed by atoms with van der Waals surface area (Å²) in [6.45, 7) is 0. The van der Waals surface area contributed by atoms with Crippen molar-refractivity contribution in [3.05, 3.63) is 0 Å². The van der Waals surface area contributed by atoms with Gasteiger partial charge in [-0.25, -0.2) is 0 Å². The average Bonchev–Trinajstić information content (AvgIpc) is 0.675. The molecule has 0 bridgehead atoms. The fraction of sp³-hybridized carbons (Fsp3) is 0. The van der Waals surface area contributed by atoms with Gasteiger partial charge in [0.15, 0.2) is 0 Å². The highest BCUT2D eigenvalue weighted by molar-refractivity contribution is 14.2. The number of halogens is 1. The summed E-state index contributed by atoms with van der Waals surface area (Å²) >= 11 is 523. The van der Waals surface area contributed by atoms with Crippen molar-refractivity contribution >= 4 is 1200 Å². The van der Waals surface area contributed by atoms with Gasteiger partial charge in [0, 0.05) is 238 Å². The number of thiol groups is 1. The summed E-state index contributed by atoms with van der Waals surface area (Å²) in [6.07, 6.45) is 0. The van der Waals surface area contributed by atoms with Crippen molar-refractivity contribution in [3.63, 3.8) is 0 Å². The Morgan fingerprint density at radius 2 is 0.140 bits per heavy atom. The van der Waals surface area contributed by atoms with E-state index in [4.69, 9.17) is 940 Å². The molecule has 0 atom stereocenters. The molecule has 0 N–H and O–H groups in total. The van der Waals surface area contributed by atoms with Gasteiger partial charge in [-0.2, -0.15) is 0 Å². The second-order valence-electron chi connectivity index (χ2n) is 17.2. The Morgan fingerprint density at radius 3 is 0.186 bits per heavy atom. The van der Waals surface area contributed by atoms with Crippen molar-refractivity contribution in [2.75, 3.05) is 0 Å². The van der Waals surface area contributed by atoms with Gasteiger partial charge in [-0.1, -0.05) is 11.7 Å². The highest BCUT2D eigenvalue weighted by Crippen LogP contribution is 2.50. The lowest BCUT2D eigenvalue weighted by Crippen LogP contribution is -2.41. The predicted molar refractivity (Wildman–Crippen MR) is 959 cm³/mol. The van der Waals surface area contributed by atoms with E-state index in [2.05, 4.69) is 11.7 Å². The Kier molecular flexibility index (Phi) is 65.1. The zero-order valence-corrected chi connectivity index (χ0v) is 159. The highest BCUT2D eigenvalue weighted by atomic mass is 127. The molecule has 129 heavy (non-hydrogen) atoms. The Balaban J connectivity index is 8.97. The lowest BCUT2D eigenvalue weighted by Gasteiger charge is -2.37. The smallest absolute Gasteiger partial charge is 0.0451 e. The lowest BCUT2D eigenvalue weighted by atomic mass is 29.7. The summed E-state index contributed by atoms with van der Waals surface area (Å²) in [7, 11) is 0.690. The fourth-order valence-electron chi connectivity index (χ4n) is 4.12. The van der Waals surface area contributed by atoms with Crippen LogP contribution >= 0.6 is 42.7 Å². The third-order valence-corrected chi connectivity index (χ3v) is 845. The van der Waals surface area contributed by atoms with E-state index in [0.29, 0.717) is 9.83 Å². The van der Waals surface area contributed by atoms with E-state index in [1.807, 2.05) is 0 Å². The maximum absolute atomic E-state index is 6.29. The minimum absolute atomic E-state index is 0.690. The van der Waals surface area contributed by atoms with Crippen LogP contribution in [0.25, 0.3) is 0 Å². The van der Waals surface area contributed by atoms with Gasteiger partial charge in [-0.15, -0.1) is 0 Å². The van der Waals surface area contributed by atoms with Crippen molar-refractivity contribution in [2.24, 2.45) is 0 Å². The second kappa shape index (κ2) is 51.3. The third kappa shape index (κ3) is 25.4. The SMILES string of the molecule is S=S(=S)(I)S(=S)(=S)S(=S)(=S)S(=S)(=S)S(=S)(=S)S(=S)(=S)S(=S)(=S)S(=S)(=S)S(=S)(=S)S(=S)(=S)S(=S)(=S)S(=S)(=S)S(=S)(=S)S(=S)(=S)S(=S)(=S)S(=S)(=S)S(=S)(=S)S(=S)(=S)S(=S)(=S)S(=S)(=S)S(=S)(=S)S(=S)(=S)S(=S)(=S)S(=S)(=S)S(=S)(=S)S(=S)(=S)S(=S)(=S)S(=S)(=S)S(=S)(=S)S(=S)(=S)S(=S)(=S)S(=S)(=S)S(=S)(=S)S(=S)(=S)S(=S)(=S)S(=S)(=S)S(=S)(=S)S(=S)(=S)S(=S)(=S)S(=S)(=S)S(=S)(=S)S(=S)(=S)SS. The molecular formula is HIS128. The van der Waals surface area contributed by atoms with Gasteiger partial charge in [0.1, 0.15) is 0 Å². The quantitative estimate of drug-likeness (QED) is 0.0408. The van der Waals surface area contributed by atoms with E-state index in [-0.39, 0.29) is 0 Å². The zero-order valence-electron chi connectivity index (χ0n) is 52.7. The number of hydrogen-bond donors (Lipinski definition) is 1. The van der Waals surface area contributed by atoms with Crippen LogP contribution in [-0.2, 0) is 1160 Å². The van der Waals surface area contributed by atoms with Gasteiger partial charge in [0.2, 0.25) is 0 Å². The van der Waals surface area contributed by atoms with Crippen LogP contribution in [0.3, 0.4) is 0 Å². The van der Waals surface area contributed by atoms with Gasteiger partial charge in [0.05, 0.1) is 0 Å². The van der Waals surface area contributed by atoms with Crippen LogP contribution in [0.2, 0.25) is 0 Å². The molecule has 0 aliphatic rings. The zero-order chi connectivity index (χ0) is 108. The second-order valence-corrected chi connectivity index (χ2v) is 471.